The second-order valence-electron chi connectivity index (χ2n) is 5.45. The lowest BCUT2D eigenvalue weighted by Gasteiger charge is -2.33. The fraction of sp³-hybridized carbons (Fsp3) is 0.562. The first kappa shape index (κ1) is 14.1. The van der Waals surface area contributed by atoms with Gasteiger partial charge in [0.2, 0.25) is 5.91 Å². The number of amides is 1. The predicted molar refractivity (Wildman–Crippen MR) is 77.6 cm³/mol. The number of nitrogens with two attached hydrogens (primary N) is 1. The Balaban J connectivity index is 1.91. The van der Waals surface area contributed by atoms with Gasteiger partial charge < -0.3 is 10.6 Å². The van der Waals surface area contributed by atoms with E-state index in [4.69, 9.17) is 5.73 Å². The molecule has 0 unspecified atom stereocenters. The molecule has 1 heterocycles. The summed E-state index contributed by atoms with van der Waals surface area (Å²) in [5, 5.41) is 0. The van der Waals surface area contributed by atoms with Gasteiger partial charge in [0, 0.05) is 13.1 Å². The van der Waals surface area contributed by atoms with Crippen LogP contribution in [-0.4, -0.2) is 23.9 Å². The lowest BCUT2D eigenvalue weighted by Crippen LogP contribution is -2.43. The number of rotatable bonds is 4. The summed E-state index contributed by atoms with van der Waals surface area (Å²) in [7, 11) is 0. The number of benzene rings is 1. The highest BCUT2D eigenvalue weighted by Crippen LogP contribution is 2.23. The number of hydrogen-bond acceptors (Lipinski definition) is 2. The first-order valence-electron chi connectivity index (χ1n) is 7.31. The van der Waals surface area contributed by atoms with Gasteiger partial charge in [-0.05, 0) is 24.3 Å². The molecule has 1 amide bonds. The smallest absolute Gasteiger partial charge is 0.244 e. The Bertz CT molecular complexity index is 396. The minimum atomic E-state index is -0.510. The van der Waals surface area contributed by atoms with Crippen LogP contribution in [0.2, 0.25) is 0 Å². The third-order valence-electron chi connectivity index (χ3n) is 4.05. The Labute approximate surface area is 115 Å². The molecular weight excluding hydrogens is 236 g/mol. The highest BCUT2D eigenvalue weighted by molar-refractivity contribution is 5.83. The highest BCUT2D eigenvalue weighted by atomic mass is 16.2. The molecule has 2 N–H and O–H groups in total. The standard InChI is InChI=1S/C16H24N2O/c1-2-6-13-9-11-18(12-10-13)16(19)15(17)14-7-4-3-5-8-14/h3-5,7-8,13,15H,2,6,9-12,17H2,1H3/t15-/m0/s1. The van der Waals surface area contributed by atoms with E-state index < -0.39 is 6.04 Å². The summed E-state index contributed by atoms with van der Waals surface area (Å²) in [4.78, 5) is 14.3. The van der Waals surface area contributed by atoms with E-state index in [9.17, 15) is 4.79 Å². The van der Waals surface area contributed by atoms with Crippen LogP contribution < -0.4 is 5.73 Å². The molecule has 1 atom stereocenters. The zero-order valence-electron chi connectivity index (χ0n) is 11.7. The predicted octanol–water partition coefficient (Wildman–Crippen LogP) is 2.73. The fourth-order valence-electron chi connectivity index (χ4n) is 2.85. The van der Waals surface area contributed by atoms with Crippen LogP contribution in [0.5, 0.6) is 0 Å². The maximum Gasteiger partial charge on any atom is 0.244 e. The van der Waals surface area contributed by atoms with Crippen molar-refractivity contribution < 1.29 is 4.79 Å². The van der Waals surface area contributed by atoms with Gasteiger partial charge >= 0.3 is 0 Å². The molecular formula is C16H24N2O. The number of hydrogen-bond donors (Lipinski definition) is 1. The van der Waals surface area contributed by atoms with Gasteiger partial charge in [-0.2, -0.15) is 0 Å². The van der Waals surface area contributed by atoms with Crippen molar-refractivity contribution in [3.05, 3.63) is 35.9 Å². The minimum Gasteiger partial charge on any atom is -0.341 e. The molecule has 1 saturated heterocycles. The van der Waals surface area contributed by atoms with Crippen molar-refractivity contribution in [1.82, 2.24) is 4.90 Å². The average molecular weight is 260 g/mol. The molecule has 0 saturated carbocycles. The van der Waals surface area contributed by atoms with Crippen molar-refractivity contribution >= 4 is 5.91 Å². The summed E-state index contributed by atoms with van der Waals surface area (Å²) in [6, 6.07) is 9.13. The van der Waals surface area contributed by atoms with E-state index in [1.807, 2.05) is 35.2 Å². The fourth-order valence-corrected chi connectivity index (χ4v) is 2.85. The molecule has 2 rings (SSSR count). The van der Waals surface area contributed by atoms with Gasteiger partial charge in [0.25, 0.3) is 0 Å². The SMILES string of the molecule is CCCC1CCN(C(=O)[C@@H](N)c2ccccc2)CC1. The summed E-state index contributed by atoms with van der Waals surface area (Å²) in [6.45, 7) is 3.96. The maximum absolute atomic E-state index is 12.4. The summed E-state index contributed by atoms with van der Waals surface area (Å²) >= 11 is 0. The Kier molecular flexibility index (Phi) is 4.97. The molecule has 19 heavy (non-hydrogen) atoms. The van der Waals surface area contributed by atoms with E-state index in [1.54, 1.807) is 0 Å². The van der Waals surface area contributed by atoms with Crippen LogP contribution in [0.25, 0.3) is 0 Å². The van der Waals surface area contributed by atoms with Crippen LogP contribution in [0.1, 0.15) is 44.2 Å². The molecule has 3 nitrogen and oxygen atoms in total. The average Bonchev–Trinajstić information content (AvgIpc) is 2.48. The highest BCUT2D eigenvalue weighted by Gasteiger charge is 2.26. The minimum absolute atomic E-state index is 0.0705. The number of carbonyl (C=O) groups excluding carboxylic acids is 1. The second kappa shape index (κ2) is 6.71. The van der Waals surface area contributed by atoms with E-state index in [2.05, 4.69) is 6.92 Å². The van der Waals surface area contributed by atoms with Gasteiger partial charge in [-0.25, -0.2) is 0 Å². The molecule has 0 aromatic heterocycles. The lowest BCUT2D eigenvalue weighted by molar-refractivity contribution is -0.134. The molecule has 1 aliphatic rings. The van der Waals surface area contributed by atoms with Crippen molar-refractivity contribution in [2.75, 3.05) is 13.1 Å². The Morgan fingerprint density at radius 1 is 1.32 bits per heavy atom. The van der Waals surface area contributed by atoms with Crippen LogP contribution in [0, 0.1) is 5.92 Å². The third-order valence-corrected chi connectivity index (χ3v) is 4.05. The van der Waals surface area contributed by atoms with Crippen molar-refractivity contribution in [3.63, 3.8) is 0 Å². The summed E-state index contributed by atoms with van der Waals surface area (Å²) in [5.41, 5.74) is 6.98. The van der Waals surface area contributed by atoms with Gasteiger partial charge in [0.05, 0.1) is 0 Å². The van der Waals surface area contributed by atoms with Crippen LogP contribution in [0.3, 0.4) is 0 Å². The lowest BCUT2D eigenvalue weighted by atomic mass is 9.92. The Morgan fingerprint density at radius 2 is 1.95 bits per heavy atom. The topological polar surface area (TPSA) is 46.3 Å². The second-order valence-corrected chi connectivity index (χ2v) is 5.45. The van der Waals surface area contributed by atoms with Crippen LogP contribution >= 0.6 is 0 Å². The van der Waals surface area contributed by atoms with Crippen molar-refractivity contribution in [3.8, 4) is 0 Å². The van der Waals surface area contributed by atoms with Gasteiger partial charge in [-0.1, -0.05) is 50.1 Å². The summed E-state index contributed by atoms with van der Waals surface area (Å²) in [6.07, 6.45) is 4.77. The molecule has 1 aliphatic heterocycles. The van der Waals surface area contributed by atoms with Crippen LogP contribution in [-0.2, 0) is 4.79 Å². The monoisotopic (exact) mass is 260 g/mol. The van der Waals surface area contributed by atoms with E-state index in [0.717, 1.165) is 37.4 Å². The Hall–Kier alpha value is -1.35. The number of carbonyl (C=O) groups is 1. The molecule has 3 heteroatoms. The third kappa shape index (κ3) is 3.57. The zero-order chi connectivity index (χ0) is 13.7. The van der Waals surface area contributed by atoms with Crippen LogP contribution in [0.4, 0.5) is 0 Å². The number of piperidine rings is 1. The largest absolute Gasteiger partial charge is 0.341 e. The molecule has 0 radical (unpaired) electrons. The molecule has 0 spiro atoms. The molecule has 1 aromatic rings. The summed E-state index contributed by atoms with van der Waals surface area (Å²) in [5.74, 6) is 0.864. The molecule has 104 valence electrons. The van der Waals surface area contributed by atoms with E-state index in [-0.39, 0.29) is 5.91 Å². The molecule has 1 aromatic carbocycles. The molecule has 1 fully saturated rings. The van der Waals surface area contributed by atoms with E-state index in [1.165, 1.54) is 12.8 Å². The van der Waals surface area contributed by atoms with Crippen LogP contribution in [0.15, 0.2) is 30.3 Å². The number of likely N-dealkylation sites (tertiary alicyclic amines) is 1. The first-order valence-corrected chi connectivity index (χ1v) is 7.31. The van der Waals surface area contributed by atoms with Gasteiger partial charge in [-0.15, -0.1) is 0 Å². The molecule has 0 bridgehead atoms. The van der Waals surface area contributed by atoms with E-state index in [0.29, 0.717) is 0 Å². The zero-order valence-corrected chi connectivity index (χ0v) is 11.7. The van der Waals surface area contributed by atoms with Crippen molar-refractivity contribution in [2.24, 2.45) is 11.7 Å². The maximum atomic E-state index is 12.4. The van der Waals surface area contributed by atoms with Gasteiger partial charge in [-0.3, -0.25) is 4.79 Å². The van der Waals surface area contributed by atoms with Crippen molar-refractivity contribution in [1.29, 1.82) is 0 Å². The van der Waals surface area contributed by atoms with E-state index >= 15 is 0 Å². The quantitative estimate of drug-likeness (QED) is 0.904. The van der Waals surface area contributed by atoms with Crippen molar-refractivity contribution in [2.45, 2.75) is 38.6 Å². The van der Waals surface area contributed by atoms with Gasteiger partial charge in [0.1, 0.15) is 6.04 Å². The Morgan fingerprint density at radius 3 is 2.53 bits per heavy atom. The molecule has 0 aliphatic carbocycles. The van der Waals surface area contributed by atoms with Gasteiger partial charge in [0.15, 0.2) is 0 Å². The normalized spacial score (nSPS) is 18.3. The number of nitrogens with zero attached hydrogens (tertiary/aromatic N) is 1. The first-order chi connectivity index (χ1) is 9.22. The summed E-state index contributed by atoms with van der Waals surface area (Å²) < 4.78 is 0.